The second-order valence-electron chi connectivity index (χ2n) is 9.01. The summed E-state index contributed by atoms with van der Waals surface area (Å²) in [6.45, 7) is 4.19. The number of anilines is 2. The first-order chi connectivity index (χ1) is 18.8. The van der Waals surface area contributed by atoms with Crippen molar-refractivity contribution in [2.24, 2.45) is 0 Å². The number of fused-ring (bicyclic) bond motifs is 1. The number of nitrogens with one attached hydrogen (secondary N) is 2. The third-order valence-electron chi connectivity index (χ3n) is 6.21. The van der Waals surface area contributed by atoms with Crippen LogP contribution < -0.4 is 25.0 Å². The Labute approximate surface area is 240 Å². The van der Waals surface area contributed by atoms with Crippen molar-refractivity contribution in [1.82, 2.24) is 20.2 Å². The van der Waals surface area contributed by atoms with Crippen molar-refractivity contribution in [1.29, 1.82) is 0 Å². The maximum Gasteiger partial charge on any atom is 0.322 e. The highest BCUT2D eigenvalue weighted by Crippen LogP contribution is 2.32. The number of thioether (sulfide) groups is 1. The molecule has 1 saturated heterocycles. The SMILES string of the molecule is CC1CN(c2cc(Cl)nc(SCC(=O)NCc3ccc4c(c3)OCO4)n2)CCN1C(=O)Nc1cccc(Cl)c1. The largest absolute Gasteiger partial charge is 0.454 e. The van der Waals surface area contributed by atoms with Crippen LogP contribution in [0.3, 0.4) is 0 Å². The van der Waals surface area contributed by atoms with E-state index in [0.717, 1.165) is 5.56 Å². The Balaban J connectivity index is 1.13. The molecule has 0 aliphatic carbocycles. The van der Waals surface area contributed by atoms with E-state index in [9.17, 15) is 9.59 Å². The minimum absolute atomic E-state index is 0.0789. The van der Waals surface area contributed by atoms with Gasteiger partial charge in [0.2, 0.25) is 12.7 Å². The Morgan fingerprint density at radius 2 is 1.92 bits per heavy atom. The van der Waals surface area contributed by atoms with E-state index in [1.807, 2.05) is 25.1 Å². The molecule has 3 amide bonds. The lowest BCUT2D eigenvalue weighted by Crippen LogP contribution is -2.55. The number of urea groups is 1. The number of carbonyl (C=O) groups excluding carboxylic acids is 2. The van der Waals surface area contributed by atoms with Gasteiger partial charge in [0, 0.05) is 49.0 Å². The highest BCUT2D eigenvalue weighted by Gasteiger charge is 2.28. The second kappa shape index (κ2) is 12.2. The molecule has 39 heavy (non-hydrogen) atoms. The van der Waals surface area contributed by atoms with Crippen molar-refractivity contribution in [3.63, 3.8) is 0 Å². The first-order valence-electron chi connectivity index (χ1n) is 12.2. The van der Waals surface area contributed by atoms with E-state index in [4.69, 9.17) is 32.7 Å². The van der Waals surface area contributed by atoms with Gasteiger partial charge in [-0.15, -0.1) is 0 Å². The molecule has 3 aromatic rings. The van der Waals surface area contributed by atoms with Crippen LogP contribution in [0.25, 0.3) is 0 Å². The molecule has 10 nitrogen and oxygen atoms in total. The zero-order valence-electron chi connectivity index (χ0n) is 21.0. The molecule has 204 valence electrons. The van der Waals surface area contributed by atoms with Crippen LogP contribution in [0.2, 0.25) is 10.2 Å². The van der Waals surface area contributed by atoms with E-state index in [-0.39, 0.29) is 35.7 Å². The van der Waals surface area contributed by atoms with Crippen molar-refractivity contribution in [3.8, 4) is 11.5 Å². The van der Waals surface area contributed by atoms with Crippen molar-refractivity contribution < 1.29 is 19.1 Å². The van der Waals surface area contributed by atoms with Crippen molar-refractivity contribution >= 4 is 58.4 Å². The van der Waals surface area contributed by atoms with Crippen LogP contribution in [0.4, 0.5) is 16.3 Å². The Bertz CT molecular complexity index is 1380. The van der Waals surface area contributed by atoms with Crippen LogP contribution in [0.1, 0.15) is 12.5 Å². The third kappa shape index (κ3) is 6.97. The van der Waals surface area contributed by atoms with Crippen LogP contribution in [0, 0.1) is 0 Å². The molecule has 0 spiro atoms. The van der Waals surface area contributed by atoms with Crippen LogP contribution in [0.5, 0.6) is 11.5 Å². The third-order valence-corrected chi connectivity index (χ3v) is 7.48. The maximum absolute atomic E-state index is 12.8. The standard InChI is InChI=1S/C26H26Cl2N6O4S/c1-16-13-33(7-8-34(16)26(36)30-19-4-2-3-18(27)10-19)23-11-22(28)31-25(32-23)39-14-24(35)29-12-17-5-6-20-21(9-17)38-15-37-20/h2-6,9-11,16H,7-8,12-15H2,1H3,(H,29,35)(H,30,36). The number of amides is 3. The first kappa shape index (κ1) is 27.2. The summed E-state index contributed by atoms with van der Waals surface area (Å²) in [6, 6.07) is 14.0. The van der Waals surface area contributed by atoms with Crippen LogP contribution in [-0.4, -0.2) is 65.0 Å². The molecule has 3 heterocycles. The van der Waals surface area contributed by atoms with Gasteiger partial charge in [-0.05, 0) is 42.8 Å². The number of benzene rings is 2. The molecule has 2 aromatic carbocycles. The molecule has 2 N–H and O–H groups in total. The summed E-state index contributed by atoms with van der Waals surface area (Å²) in [5.74, 6) is 2.01. The van der Waals surface area contributed by atoms with Gasteiger partial charge >= 0.3 is 6.03 Å². The predicted molar refractivity (Wildman–Crippen MR) is 151 cm³/mol. The molecule has 2 aliphatic heterocycles. The number of piperazine rings is 1. The molecule has 1 fully saturated rings. The van der Waals surface area contributed by atoms with Gasteiger partial charge in [0.05, 0.1) is 5.75 Å². The van der Waals surface area contributed by atoms with Crippen LogP contribution in [-0.2, 0) is 11.3 Å². The second-order valence-corrected chi connectivity index (χ2v) is 10.8. The molecule has 0 bridgehead atoms. The number of ether oxygens (including phenoxy) is 2. The molecule has 0 radical (unpaired) electrons. The Kier molecular flexibility index (Phi) is 8.49. The number of rotatable bonds is 7. The monoisotopic (exact) mass is 588 g/mol. The van der Waals surface area contributed by atoms with E-state index in [0.29, 0.717) is 59.4 Å². The molecule has 1 unspecified atom stereocenters. The minimum atomic E-state index is -0.187. The normalized spacial score (nSPS) is 16.2. The zero-order valence-corrected chi connectivity index (χ0v) is 23.4. The zero-order chi connectivity index (χ0) is 27.4. The molecule has 1 aromatic heterocycles. The molecule has 13 heteroatoms. The van der Waals surface area contributed by atoms with Crippen molar-refractivity contribution in [3.05, 3.63) is 64.3 Å². The number of carbonyl (C=O) groups is 2. The van der Waals surface area contributed by atoms with Crippen molar-refractivity contribution in [2.75, 3.05) is 42.4 Å². The maximum atomic E-state index is 12.8. The average Bonchev–Trinajstić information content (AvgIpc) is 3.38. The summed E-state index contributed by atoms with van der Waals surface area (Å²) >= 11 is 13.5. The Morgan fingerprint density at radius 1 is 1.08 bits per heavy atom. The van der Waals surface area contributed by atoms with Gasteiger partial charge in [0.1, 0.15) is 11.0 Å². The van der Waals surface area contributed by atoms with Gasteiger partial charge in [-0.3, -0.25) is 4.79 Å². The molecule has 2 aliphatic rings. The average molecular weight is 590 g/mol. The fourth-order valence-corrected chi connectivity index (χ4v) is 5.37. The van der Waals surface area contributed by atoms with Gasteiger partial charge in [0.15, 0.2) is 16.7 Å². The van der Waals surface area contributed by atoms with Gasteiger partial charge in [-0.1, -0.05) is 47.1 Å². The van der Waals surface area contributed by atoms with E-state index in [1.54, 1.807) is 35.2 Å². The van der Waals surface area contributed by atoms with Gasteiger partial charge in [-0.25, -0.2) is 14.8 Å². The number of nitrogens with zero attached hydrogens (tertiary/aromatic N) is 4. The molecular weight excluding hydrogens is 563 g/mol. The van der Waals surface area contributed by atoms with Crippen LogP contribution in [0.15, 0.2) is 53.7 Å². The number of hydrogen-bond acceptors (Lipinski definition) is 8. The number of halogens is 2. The van der Waals surface area contributed by atoms with E-state index >= 15 is 0 Å². The van der Waals surface area contributed by atoms with E-state index < -0.39 is 0 Å². The Hall–Kier alpha value is -3.41. The topological polar surface area (TPSA) is 109 Å². The fourth-order valence-electron chi connectivity index (χ4n) is 4.27. The lowest BCUT2D eigenvalue weighted by molar-refractivity contribution is -0.118. The molecular formula is C26H26Cl2N6O4S. The minimum Gasteiger partial charge on any atom is -0.454 e. The summed E-state index contributed by atoms with van der Waals surface area (Å²) in [6.07, 6.45) is 0. The number of aromatic nitrogens is 2. The predicted octanol–water partition coefficient (Wildman–Crippen LogP) is 4.66. The first-order valence-corrected chi connectivity index (χ1v) is 14.0. The molecule has 1 atom stereocenters. The van der Waals surface area contributed by atoms with Crippen LogP contribution >= 0.6 is 35.0 Å². The quantitative estimate of drug-likeness (QED) is 0.233. The van der Waals surface area contributed by atoms with Crippen molar-refractivity contribution in [2.45, 2.75) is 24.7 Å². The van der Waals surface area contributed by atoms with Gasteiger partial charge in [-0.2, -0.15) is 0 Å². The summed E-state index contributed by atoms with van der Waals surface area (Å²) in [4.78, 5) is 38.0. The summed E-state index contributed by atoms with van der Waals surface area (Å²) < 4.78 is 10.7. The lowest BCUT2D eigenvalue weighted by Gasteiger charge is -2.40. The van der Waals surface area contributed by atoms with E-state index in [2.05, 4.69) is 25.5 Å². The van der Waals surface area contributed by atoms with Gasteiger partial charge < -0.3 is 29.9 Å². The summed E-state index contributed by atoms with van der Waals surface area (Å²) in [5, 5.41) is 7.04. The van der Waals surface area contributed by atoms with E-state index in [1.165, 1.54) is 11.8 Å². The highest BCUT2D eigenvalue weighted by atomic mass is 35.5. The Morgan fingerprint density at radius 3 is 2.74 bits per heavy atom. The lowest BCUT2D eigenvalue weighted by atomic mass is 10.2. The fraction of sp³-hybridized carbons (Fsp3) is 0.308. The smallest absolute Gasteiger partial charge is 0.322 e. The molecule has 5 rings (SSSR count). The highest BCUT2D eigenvalue weighted by molar-refractivity contribution is 7.99. The molecule has 0 saturated carbocycles. The summed E-state index contributed by atoms with van der Waals surface area (Å²) in [5.41, 5.74) is 1.56. The van der Waals surface area contributed by atoms with Gasteiger partial charge in [0.25, 0.3) is 0 Å². The number of hydrogen-bond donors (Lipinski definition) is 2. The summed E-state index contributed by atoms with van der Waals surface area (Å²) in [7, 11) is 0.